The van der Waals surface area contributed by atoms with E-state index in [0.717, 1.165) is 5.69 Å². The van der Waals surface area contributed by atoms with Crippen molar-refractivity contribution < 1.29 is 9.53 Å². The van der Waals surface area contributed by atoms with Gasteiger partial charge in [0.1, 0.15) is 10.8 Å². The number of nitrogens with zero attached hydrogens (tertiary/aromatic N) is 2. The highest BCUT2D eigenvalue weighted by atomic mass is 32.2. The number of hydrogen-bond donors (Lipinski definition) is 1. The van der Waals surface area contributed by atoms with E-state index in [0.29, 0.717) is 22.4 Å². The molecule has 0 bridgehead atoms. The van der Waals surface area contributed by atoms with Crippen LogP contribution in [0.15, 0.2) is 70.5 Å². The van der Waals surface area contributed by atoms with Crippen LogP contribution in [0.1, 0.15) is 25.3 Å². The van der Waals surface area contributed by atoms with E-state index in [1.54, 1.807) is 37.4 Å². The first-order valence-electron chi connectivity index (χ1n) is 9.23. The number of benzene rings is 2. The van der Waals surface area contributed by atoms with Crippen molar-refractivity contribution >= 4 is 23.4 Å². The molecule has 0 atom stereocenters. The Morgan fingerprint density at radius 3 is 2.38 bits per heavy atom. The minimum absolute atomic E-state index is 0.128. The molecule has 3 aromatic rings. The summed E-state index contributed by atoms with van der Waals surface area (Å²) in [5.74, 6) is 1.21. The van der Waals surface area contributed by atoms with Gasteiger partial charge in [0.2, 0.25) is 5.91 Å². The molecule has 6 nitrogen and oxygen atoms in total. The second kappa shape index (κ2) is 9.43. The number of ether oxygens (including phenoxy) is 1. The van der Waals surface area contributed by atoms with Crippen LogP contribution >= 0.6 is 11.8 Å². The Labute approximate surface area is 173 Å². The Bertz CT molecular complexity index is 1030. The Balaban J connectivity index is 1.64. The SMILES string of the molecule is COc1ccc(-n2nc(SCC(=O)Nc3ccc(C(C)C)cc3)ccc2=O)cc1. The van der Waals surface area contributed by atoms with Crippen molar-refractivity contribution in [3.05, 3.63) is 76.6 Å². The van der Waals surface area contributed by atoms with E-state index < -0.39 is 0 Å². The lowest BCUT2D eigenvalue weighted by atomic mass is 10.0. The molecule has 0 spiro atoms. The maximum absolute atomic E-state index is 12.3. The van der Waals surface area contributed by atoms with Gasteiger partial charge in [-0.15, -0.1) is 0 Å². The van der Waals surface area contributed by atoms with Gasteiger partial charge in [-0.05, 0) is 53.9 Å². The van der Waals surface area contributed by atoms with Crippen molar-refractivity contribution in [2.45, 2.75) is 24.8 Å². The highest BCUT2D eigenvalue weighted by Gasteiger charge is 2.08. The number of hydrogen-bond acceptors (Lipinski definition) is 5. The van der Waals surface area contributed by atoms with Crippen LogP contribution in [0, 0.1) is 0 Å². The second-order valence-corrected chi connectivity index (χ2v) is 7.73. The fraction of sp³-hybridized carbons (Fsp3) is 0.227. The predicted octanol–water partition coefficient (Wildman–Crippen LogP) is 4.10. The monoisotopic (exact) mass is 409 g/mol. The van der Waals surface area contributed by atoms with Crippen molar-refractivity contribution in [1.82, 2.24) is 9.78 Å². The largest absolute Gasteiger partial charge is 0.497 e. The third-order valence-electron chi connectivity index (χ3n) is 4.31. The second-order valence-electron chi connectivity index (χ2n) is 6.73. The summed E-state index contributed by atoms with van der Waals surface area (Å²) in [4.78, 5) is 24.4. The molecule has 1 aromatic heterocycles. The summed E-state index contributed by atoms with van der Waals surface area (Å²) >= 11 is 1.27. The van der Waals surface area contributed by atoms with Gasteiger partial charge in [-0.1, -0.05) is 37.7 Å². The zero-order chi connectivity index (χ0) is 20.8. The standard InChI is InChI=1S/C22H23N3O3S/c1-15(2)16-4-6-17(7-5-16)23-20(26)14-29-21-12-13-22(27)25(24-21)18-8-10-19(28-3)11-9-18/h4-13,15H,14H2,1-3H3,(H,23,26). The third kappa shape index (κ3) is 5.48. The van der Waals surface area contributed by atoms with Gasteiger partial charge in [0.05, 0.1) is 18.6 Å². The predicted molar refractivity (Wildman–Crippen MR) is 116 cm³/mol. The normalized spacial score (nSPS) is 10.8. The first-order chi connectivity index (χ1) is 14.0. The summed E-state index contributed by atoms with van der Waals surface area (Å²) in [5.41, 5.74) is 2.38. The lowest BCUT2D eigenvalue weighted by molar-refractivity contribution is -0.113. The number of carbonyl (C=O) groups is 1. The van der Waals surface area contributed by atoms with E-state index in [1.807, 2.05) is 24.3 Å². The van der Waals surface area contributed by atoms with E-state index in [9.17, 15) is 9.59 Å². The summed E-state index contributed by atoms with van der Waals surface area (Å²) in [5, 5.41) is 7.82. The van der Waals surface area contributed by atoms with E-state index in [2.05, 4.69) is 24.3 Å². The molecule has 1 N–H and O–H groups in total. The molecule has 7 heteroatoms. The van der Waals surface area contributed by atoms with Crippen molar-refractivity contribution in [2.75, 3.05) is 18.2 Å². The van der Waals surface area contributed by atoms with E-state index in [4.69, 9.17) is 4.74 Å². The van der Waals surface area contributed by atoms with Crippen LogP contribution in [0.2, 0.25) is 0 Å². The summed E-state index contributed by atoms with van der Waals surface area (Å²) in [6.45, 7) is 4.26. The average Bonchev–Trinajstić information content (AvgIpc) is 2.73. The number of anilines is 1. The summed E-state index contributed by atoms with van der Waals surface area (Å²) in [7, 11) is 1.58. The highest BCUT2D eigenvalue weighted by Crippen LogP contribution is 2.19. The smallest absolute Gasteiger partial charge is 0.271 e. The van der Waals surface area contributed by atoms with Gasteiger partial charge in [0, 0.05) is 11.8 Å². The van der Waals surface area contributed by atoms with Crippen molar-refractivity contribution in [3.8, 4) is 11.4 Å². The van der Waals surface area contributed by atoms with Gasteiger partial charge < -0.3 is 10.1 Å². The van der Waals surface area contributed by atoms with Gasteiger partial charge in [-0.25, -0.2) is 0 Å². The number of methoxy groups -OCH3 is 1. The highest BCUT2D eigenvalue weighted by molar-refractivity contribution is 7.99. The molecule has 0 aliphatic heterocycles. The van der Waals surface area contributed by atoms with Crippen molar-refractivity contribution in [2.24, 2.45) is 0 Å². The quantitative estimate of drug-likeness (QED) is 0.595. The molecule has 29 heavy (non-hydrogen) atoms. The molecule has 0 saturated carbocycles. The Morgan fingerprint density at radius 2 is 1.76 bits per heavy atom. The van der Waals surface area contributed by atoms with Crippen LogP contribution in [0.5, 0.6) is 5.75 Å². The van der Waals surface area contributed by atoms with Crippen LogP contribution < -0.4 is 15.6 Å². The van der Waals surface area contributed by atoms with Crippen molar-refractivity contribution in [3.63, 3.8) is 0 Å². The molecule has 0 radical (unpaired) electrons. The number of nitrogens with one attached hydrogen (secondary N) is 1. The Hall–Kier alpha value is -3.06. The molecule has 1 amide bonds. The molecule has 3 rings (SSSR count). The molecule has 0 fully saturated rings. The fourth-order valence-corrected chi connectivity index (χ4v) is 3.32. The number of carbonyl (C=O) groups excluding carboxylic acids is 1. The number of amides is 1. The zero-order valence-corrected chi connectivity index (χ0v) is 17.4. The maximum Gasteiger partial charge on any atom is 0.271 e. The molecule has 1 heterocycles. The summed E-state index contributed by atoms with van der Waals surface area (Å²) < 4.78 is 6.44. The van der Waals surface area contributed by atoms with Crippen LogP contribution in [0.3, 0.4) is 0 Å². The molecule has 0 saturated heterocycles. The van der Waals surface area contributed by atoms with Crippen LogP contribution in [0.25, 0.3) is 5.69 Å². The minimum atomic E-state index is -0.241. The van der Waals surface area contributed by atoms with E-state index in [1.165, 1.54) is 28.1 Å². The maximum atomic E-state index is 12.3. The number of aromatic nitrogens is 2. The Kier molecular flexibility index (Phi) is 6.72. The zero-order valence-electron chi connectivity index (χ0n) is 16.6. The molecule has 150 valence electrons. The fourth-order valence-electron chi connectivity index (χ4n) is 2.67. The lowest BCUT2D eigenvalue weighted by Gasteiger charge is -2.09. The summed E-state index contributed by atoms with van der Waals surface area (Å²) in [6.07, 6.45) is 0. The molecule has 0 aliphatic rings. The van der Waals surface area contributed by atoms with Crippen LogP contribution in [-0.4, -0.2) is 28.6 Å². The average molecular weight is 410 g/mol. The Morgan fingerprint density at radius 1 is 1.07 bits per heavy atom. The van der Waals surface area contributed by atoms with E-state index >= 15 is 0 Å². The van der Waals surface area contributed by atoms with Gasteiger partial charge in [0.15, 0.2) is 0 Å². The molecule has 0 aliphatic carbocycles. The van der Waals surface area contributed by atoms with Gasteiger partial charge in [-0.3, -0.25) is 9.59 Å². The van der Waals surface area contributed by atoms with E-state index in [-0.39, 0.29) is 17.2 Å². The van der Waals surface area contributed by atoms with Crippen LogP contribution in [0.4, 0.5) is 5.69 Å². The van der Waals surface area contributed by atoms with Crippen molar-refractivity contribution in [1.29, 1.82) is 0 Å². The molecule has 0 unspecified atom stereocenters. The third-order valence-corrected chi connectivity index (χ3v) is 5.23. The van der Waals surface area contributed by atoms with Gasteiger partial charge in [0.25, 0.3) is 5.56 Å². The topological polar surface area (TPSA) is 73.2 Å². The lowest BCUT2D eigenvalue weighted by Crippen LogP contribution is -2.20. The number of thioether (sulfide) groups is 1. The van der Waals surface area contributed by atoms with Gasteiger partial charge in [-0.2, -0.15) is 9.78 Å². The molecular weight excluding hydrogens is 386 g/mol. The molecule has 2 aromatic carbocycles. The first kappa shape index (κ1) is 20.7. The first-order valence-corrected chi connectivity index (χ1v) is 10.2. The minimum Gasteiger partial charge on any atom is -0.497 e. The van der Waals surface area contributed by atoms with Gasteiger partial charge >= 0.3 is 0 Å². The molecular formula is C22H23N3O3S. The van der Waals surface area contributed by atoms with Crippen LogP contribution in [-0.2, 0) is 4.79 Å². The summed E-state index contributed by atoms with van der Waals surface area (Å²) in [6, 6.07) is 18.0. The number of rotatable bonds is 7.